The van der Waals surface area contributed by atoms with E-state index in [1.807, 2.05) is 6.07 Å². The number of rotatable bonds is 3. The normalized spacial score (nSPS) is 12.1. The number of aliphatic hydroxyl groups is 1. The van der Waals surface area contributed by atoms with Crippen molar-refractivity contribution < 1.29 is 9.90 Å². The number of ketones is 1. The molecular weight excluding hydrogens is 214 g/mol. The standard InChI is InChI=1S/C14H13NO2/c15-12-8-6-11(7-9-12)14(17)13(16)10-4-2-1-3-5-10/h1-9,13,16H,15H2. The van der Waals surface area contributed by atoms with Gasteiger partial charge in [-0.2, -0.15) is 0 Å². The Morgan fingerprint density at radius 1 is 1.00 bits per heavy atom. The van der Waals surface area contributed by atoms with Crippen LogP contribution in [0.25, 0.3) is 0 Å². The van der Waals surface area contributed by atoms with Crippen molar-refractivity contribution in [2.24, 2.45) is 0 Å². The monoisotopic (exact) mass is 227 g/mol. The number of nitrogens with two attached hydrogens (primary N) is 1. The molecule has 0 heterocycles. The second-order valence-electron chi connectivity index (χ2n) is 3.80. The molecule has 0 amide bonds. The highest BCUT2D eigenvalue weighted by atomic mass is 16.3. The van der Waals surface area contributed by atoms with E-state index in [9.17, 15) is 9.90 Å². The maximum Gasteiger partial charge on any atom is 0.195 e. The van der Waals surface area contributed by atoms with E-state index in [2.05, 4.69) is 0 Å². The van der Waals surface area contributed by atoms with Gasteiger partial charge >= 0.3 is 0 Å². The zero-order valence-corrected chi connectivity index (χ0v) is 9.21. The maximum atomic E-state index is 12.0. The molecule has 2 aromatic rings. The number of anilines is 1. The molecule has 1 atom stereocenters. The molecule has 17 heavy (non-hydrogen) atoms. The minimum atomic E-state index is -1.13. The van der Waals surface area contributed by atoms with Gasteiger partial charge in [0.15, 0.2) is 5.78 Å². The first-order valence-electron chi connectivity index (χ1n) is 5.31. The largest absolute Gasteiger partial charge is 0.399 e. The summed E-state index contributed by atoms with van der Waals surface area (Å²) in [4.78, 5) is 12.0. The lowest BCUT2D eigenvalue weighted by Crippen LogP contribution is -2.12. The molecule has 0 bridgehead atoms. The molecule has 0 aliphatic carbocycles. The predicted octanol–water partition coefficient (Wildman–Crippen LogP) is 2.19. The Labute approximate surface area is 99.5 Å². The SMILES string of the molecule is Nc1ccc(C(=O)C(O)c2ccccc2)cc1. The van der Waals surface area contributed by atoms with E-state index in [1.54, 1.807) is 48.5 Å². The van der Waals surface area contributed by atoms with Crippen LogP contribution in [0.4, 0.5) is 5.69 Å². The van der Waals surface area contributed by atoms with Crippen LogP contribution in [0.3, 0.4) is 0 Å². The summed E-state index contributed by atoms with van der Waals surface area (Å²) in [5, 5.41) is 9.93. The summed E-state index contributed by atoms with van der Waals surface area (Å²) in [5.74, 6) is -0.323. The molecule has 0 saturated heterocycles. The Bertz CT molecular complexity index is 506. The Hall–Kier alpha value is -2.13. The van der Waals surface area contributed by atoms with Crippen molar-refractivity contribution in [3.8, 4) is 0 Å². The molecule has 0 aromatic heterocycles. The summed E-state index contributed by atoms with van der Waals surface area (Å²) in [7, 11) is 0. The van der Waals surface area contributed by atoms with Crippen molar-refractivity contribution in [1.29, 1.82) is 0 Å². The van der Waals surface area contributed by atoms with E-state index in [1.165, 1.54) is 0 Å². The third-order valence-corrected chi connectivity index (χ3v) is 2.56. The molecule has 3 nitrogen and oxygen atoms in total. The number of hydrogen-bond donors (Lipinski definition) is 2. The van der Waals surface area contributed by atoms with Crippen LogP contribution < -0.4 is 5.73 Å². The van der Waals surface area contributed by atoms with Gasteiger partial charge in [-0.1, -0.05) is 30.3 Å². The van der Waals surface area contributed by atoms with Crippen molar-refractivity contribution in [3.05, 3.63) is 65.7 Å². The van der Waals surface area contributed by atoms with Crippen molar-refractivity contribution in [3.63, 3.8) is 0 Å². The minimum absolute atomic E-state index is 0.323. The lowest BCUT2D eigenvalue weighted by Gasteiger charge is -2.09. The zero-order chi connectivity index (χ0) is 12.3. The van der Waals surface area contributed by atoms with Crippen LogP contribution in [-0.4, -0.2) is 10.9 Å². The van der Waals surface area contributed by atoms with Gasteiger partial charge < -0.3 is 10.8 Å². The smallest absolute Gasteiger partial charge is 0.195 e. The van der Waals surface area contributed by atoms with Crippen LogP contribution in [0.1, 0.15) is 22.0 Å². The van der Waals surface area contributed by atoms with Crippen LogP contribution in [0.15, 0.2) is 54.6 Å². The molecule has 2 rings (SSSR count). The first-order chi connectivity index (χ1) is 8.18. The molecule has 0 aliphatic heterocycles. The van der Waals surface area contributed by atoms with Crippen LogP contribution in [-0.2, 0) is 0 Å². The average molecular weight is 227 g/mol. The topological polar surface area (TPSA) is 63.3 Å². The summed E-state index contributed by atoms with van der Waals surface area (Å²) >= 11 is 0. The molecule has 2 aromatic carbocycles. The van der Waals surface area contributed by atoms with E-state index >= 15 is 0 Å². The Morgan fingerprint density at radius 3 is 2.18 bits per heavy atom. The fraction of sp³-hybridized carbons (Fsp3) is 0.0714. The summed E-state index contributed by atoms with van der Waals surface area (Å²) in [6, 6.07) is 15.4. The third kappa shape index (κ3) is 2.52. The van der Waals surface area contributed by atoms with Gasteiger partial charge in [0, 0.05) is 11.3 Å². The Balaban J connectivity index is 2.23. The van der Waals surface area contributed by atoms with Gasteiger partial charge in [-0.05, 0) is 29.8 Å². The molecule has 0 fully saturated rings. The molecular formula is C14H13NO2. The van der Waals surface area contributed by atoms with Crippen LogP contribution in [0, 0.1) is 0 Å². The molecule has 0 saturated carbocycles. The summed E-state index contributed by atoms with van der Waals surface area (Å²) < 4.78 is 0. The van der Waals surface area contributed by atoms with Crippen LogP contribution in [0.5, 0.6) is 0 Å². The van der Waals surface area contributed by atoms with E-state index in [0.717, 1.165) is 0 Å². The van der Waals surface area contributed by atoms with Gasteiger partial charge in [0.1, 0.15) is 6.10 Å². The van der Waals surface area contributed by atoms with Crippen LogP contribution in [0.2, 0.25) is 0 Å². The number of aliphatic hydroxyl groups excluding tert-OH is 1. The average Bonchev–Trinajstić information content (AvgIpc) is 2.39. The van der Waals surface area contributed by atoms with Gasteiger partial charge in [-0.3, -0.25) is 4.79 Å². The van der Waals surface area contributed by atoms with Crippen LogP contribution >= 0.6 is 0 Å². The number of Topliss-reactive ketones (excluding diaryl/α,β-unsaturated/α-hetero) is 1. The van der Waals surface area contributed by atoms with E-state index in [4.69, 9.17) is 5.73 Å². The first-order valence-corrected chi connectivity index (χ1v) is 5.31. The molecule has 1 unspecified atom stereocenters. The van der Waals surface area contributed by atoms with Crippen molar-refractivity contribution in [2.45, 2.75) is 6.10 Å². The number of carbonyl (C=O) groups excluding carboxylic acids is 1. The molecule has 0 spiro atoms. The molecule has 86 valence electrons. The highest BCUT2D eigenvalue weighted by Crippen LogP contribution is 2.18. The van der Waals surface area contributed by atoms with Gasteiger partial charge in [0.05, 0.1) is 0 Å². The predicted molar refractivity (Wildman–Crippen MR) is 66.6 cm³/mol. The maximum absolute atomic E-state index is 12.0. The molecule has 0 radical (unpaired) electrons. The quantitative estimate of drug-likeness (QED) is 0.624. The Morgan fingerprint density at radius 2 is 1.59 bits per heavy atom. The lowest BCUT2D eigenvalue weighted by atomic mass is 10.00. The van der Waals surface area contributed by atoms with Gasteiger partial charge in [0.2, 0.25) is 0 Å². The lowest BCUT2D eigenvalue weighted by molar-refractivity contribution is 0.0747. The van der Waals surface area contributed by atoms with Gasteiger partial charge in [-0.15, -0.1) is 0 Å². The fourth-order valence-electron chi connectivity index (χ4n) is 1.59. The van der Waals surface area contributed by atoms with Gasteiger partial charge in [-0.25, -0.2) is 0 Å². The highest BCUT2D eigenvalue weighted by molar-refractivity contribution is 6.00. The van der Waals surface area contributed by atoms with E-state index < -0.39 is 6.10 Å². The number of nitrogen functional groups attached to an aromatic ring is 1. The summed E-state index contributed by atoms with van der Waals surface area (Å²) in [6.07, 6.45) is -1.13. The molecule has 0 aliphatic rings. The Kier molecular flexibility index (Phi) is 3.21. The minimum Gasteiger partial charge on any atom is -0.399 e. The summed E-state index contributed by atoms with van der Waals surface area (Å²) in [5.41, 5.74) is 7.18. The summed E-state index contributed by atoms with van der Waals surface area (Å²) in [6.45, 7) is 0. The number of hydrogen-bond acceptors (Lipinski definition) is 3. The van der Waals surface area contributed by atoms with Crippen molar-refractivity contribution in [2.75, 3.05) is 5.73 Å². The number of carbonyl (C=O) groups is 1. The molecule has 3 N–H and O–H groups in total. The van der Waals surface area contributed by atoms with E-state index in [0.29, 0.717) is 16.8 Å². The van der Waals surface area contributed by atoms with E-state index in [-0.39, 0.29) is 5.78 Å². The second kappa shape index (κ2) is 4.80. The third-order valence-electron chi connectivity index (χ3n) is 2.56. The first kappa shape index (κ1) is 11.4. The highest BCUT2D eigenvalue weighted by Gasteiger charge is 2.18. The van der Waals surface area contributed by atoms with Crippen molar-refractivity contribution in [1.82, 2.24) is 0 Å². The molecule has 3 heteroatoms. The second-order valence-corrected chi connectivity index (χ2v) is 3.80. The van der Waals surface area contributed by atoms with Gasteiger partial charge in [0.25, 0.3) is 0 Å². The number of benzene rings is 2. The fourth-order valence-corrected chi connectivity index (χ4v) is 1.59. The van der Waals surface area contributed by atoms with Crippen molar-refractivity contribution >= 4 is 11.5 Å². The zero-order valence-electron chi connectivity index (χ0n) is 9.21.